The van der Waals surface area contributed by atoms with Gasteiger partial charge in [-0.05, 0) is 51.8 Å². The second kappa shape index (κ2) is 6.44. The fourth-order valence-electron chi connectivity index (χ4n) is 1.84. The highest BCUT2D eigenvalue weighted by Crippen LogP contribution is 2.25. The summed E-state index contributed by atoms with van der Waals surface area (Å²) < 4.78 is 52.8. The number of halogens is 5. The number of benzene rings is 2. The lowest BCUT2D eigenvalue weighted by Gasteiger charge is -2.19. The number of nitrogens with one attached hydrogen (secondary N) is 1. The third-order valence-electron chi connectivity index (χ3n) is 2.90. The Morgan fingerprint density at radius 2 is 1.62 bits per heavy atom. The van der Waals surface area contributed by atoms with Crippen molar-refractivity contribution in [3.8, 4) is 0 Å². The first-order valence-electron chi connectivity index (χ1n) is 5.98. The molecule has 0 aromatic heterocycles. The minimum absolute atomic E-state index is 0.0134. The first-order valence-corrected chi connectivity index (χ1v) is 6.77. The van der Waals surface area contributed by atoms with Gasteiger partial charge in [0.25, 0.3) is 0 Å². The van der Waals surface area contributed by atoms with Gasteiger partial charge in [0.05, 0.1) is 10.5 Å². The van der Waals surface area contributed by atoms with Gasteiger partial charge in [-0.2, -0.15) is 0 Å². The second-order valence-electron chi connectivity index (χ2n) is 4.36. The van der Waals surface area contributed by atoms with E-state index < -0.39 is 29.3 Å². The molecule has 0 fully saturated rings. The lowest BCUT2D eigenvalue weighted by Crippen LogP contribution is -2.21. The number of hydrogen-bond acceptors (Lipinski definition) is 2. The third kappa shape index (κ3) is 3.54. The van der Waals surface area contributed by atoms with Crippen LogP contribution in [0.25, 0.3) is 0 Å². The van der Waals surface area contributed by atoms with E-state index in [1.165, 1.54) is 18.2 Å². The summed E-state index contributed by atoms with van der Waals surface area (Å²) >= 11 is 3.03. The number of nitrogens with two attached hydrogens (primary N) is 1. The Hall–Kier alpha value is -1.60. The van der Waals surface area contributed by atoms with Crippen molar-refractivity contribution in [1.29, 1.82) is 0 Å². The topological polar surface area (TPSA) is 38.0 Å². The fraction of sp³-hybridized carbons (Fsp3) is 0.143. The molecule has 1 atom stereocenters. The lowest BCUT2D eigenvalue weighted by atomic mass is 10.1. The highest BCUT2D eigenvalue weighted by Gasteiger charge is 2.16. The molecule has 0 radical (unpaired) electrons. The first-order chi connectivity index (χ1) is 9.92. The zero-order chi connectivity index (χ0) is 15.6. The normalized spacial score (nSPS) is 12.3. The van der Waals surface area contributed by atoms with Crippen molar-refractivity contribution in [2.75, 3.05) is 11.9 Å². The molecule has 1 unspecified atom stereocenters. The van der Waals surface area contributed by atoms with Crippen LogP contribution in [0.4, 0.5) is 23.2 Å². The molecule has 21 heavy (non-hydrogen) atoms. The van der Waals surface area contributed by atoms with Crippen molar-refractivity contribution in [1.82, 2.24) is 0 Å². The minimum atomic E-state index is -1.53. The van der Waals surface area contributed by atoms with Crippen LogP contribution >= 0.6 is 15.9 Å². The maximum absolute atomic E-state index is 13.3. The van der Waals surface area contributed by atoms with E-state index in [4.69, 9.17) is 5.73 Å². The van der Waals surface area contributed by atoms with Crippen LogP contribution in [0.2, 0.25) is 0 Å². The molecule has 2 aromatic rings. The largest absolute Gasteiger partial charge is 0.377 e. The van der Waals surface area contributed by atoms with Crippen LogP contribution in [0.5, 0.6) is 0 Å². The van der Waals surface area contributed by atoms with Gasteiger partial charge in [0, 0.05) is 12.2 Å². The summed E-state index contributed by atoms with van der Waals surface area (Å²) in [6.45, 7) is 0.0134. The maximum atomic E-state index is 13.3. The van der Waals surface area contributed by atoms with Gasteiger partial charge in [-0.15, -0.1) is 0 Å². The molecule has 2 aromatic carbocycles. The molecule has 0 aliphatic rings. The molecule has 0 saturated carbocycles. The van der Waals surface area contributed by atoms with E-state index in [2.05, 4.69) is 21.2 Å². The third-order valence-corrected chi connectivity index (χ3v) is 3.51. The molecule has 7 heteroatoms. The van der Waals surface area contributed by atoms with Gasteiger partial charge in [0.2, 0.25) is 0 Å². The Kier molecular flexibility index (Phi) is 4.84. The van der Waals surface area contributed by atoms with Crippen LogP contribution in [-0.4, -0.2) is 6.54 Å². The maximum Gasteiger partial charge on any atom is 0.194 e. The molecule has 0 aliphatic carbocycles. The van der Waals surface area contributed by atoms with Crippen LogP contribution < -0.4 is 11.1 Å². The number of rotatable bonds is 4. The average molecular weight is 363 g/mol. The summed E-state index contributed by atoms with van der Waals surface area (Å²) in [4.78, 5) is 0. The Balaban J connectivity index is 2.29. The van der Waals surface area contributed by atoms with Crippen molar-refractivity contribution >= 4 is 21.6 Å². The smallest absolute Gasteiger partial charge is 0.194 e. The van der Waals surface area contributed by atoms with E-state index >= 15 is 0 Å². The molecule has 3 N–H and O–H groups in total. The molecule has 0 heterocycles. The molecule has 0 bridgehead atoms. The van der Waals surface area contributed by atoms with Gasteiger partial charge in [-0.1, -0.05) is 0 Å². The Morgan fingerprint density at radius 1 is 1.00 bits per heavy atom. The molecular weight excluding hydrogens is 352 g/mol. The lowest BCUT2D eigenvalue weighted by molar-refractivity contribution is 0.444. The predicted octanol–water partition coefficient (Wildman–Crippen LogP) is 4.12. The monoisotopic (exact) mass is 362 g/mol. The van der Waals surface area contributed by atoms with E-state index in [1.807, 2.05) is 0 Å². The molecule has 0 saturated heterocycles. The predicted molar refractivity (Wildman–Crippen MR) is 75.8 cm³/mol. The van der Waals surface area contributed by atoms with Crippen molar-refractivity contribution in [2.45, 2.75) is 6.04 Å². The summed E-state index contributed by atoms with van der Waals surface area (Å²) in [6.07, 6.45) is 0. The molecule has 0 amide bonds. The summed E-state index contributed by atoms with van der Waals surface area (Å²) in [5, 5.41) is 2.91. The SMILES string of the molecule is NCC(Nc1ccc(F)c(Br)c1)c1cc(F)c(F)c(F)c1. The van der Waals surface area contributed by atoms with Gasteiger partial charge >= 0.3 is 0 Å². The van der Waals surface area contributed by atoms with E-state index in [0.29, 0.717) is 5.69 Å². The van der Waals surface area contributed by atoms with Crippen molar-refractivity contribution in [3.05, 3.63) is 63.6 Å². The van der Waals surface area contributed by atoms with E-state index in [1.54, 1.807) is 0 Å². The van der Waals surface area contributed by atoms with Crippen LogP contribution in [0.1, 0.15) is 11.6 Å². The quantitative estimate of drug-likeness (QED) is 0.634. The van der Waals surface area contributed by atoms with E-state index in [9.17, 15) is 17.6 Å². The highest BCUT2D eigenvalue weighted by atomic mass is 79.9. The van der Waals surface area contributed by atoms with Crippen LogP contribution in [-0.2, 0) is 0 Å². The number of hydrogen-bond donors (Lipinski definition) is 2. The Bertz CT molecular complexity index is 640. The summed E-state index contributed by atoms with van der Waals surface area (Å²) in [5.41, 5.74) is 6.24. The molecule has 2 nitrogen and oxygen atoms in total. The van der Waals surface area contributed by atoms with Crippen molar-refractivity contribution in [2.24, 2.45) is 5.73 Å². The Labute approximate surface area is 127 Å². The van der Waals surface area contributed by atoms with Crippen LogP contribution in [0.3, 0.4) is 0 Å². The van der Waals surface area contributed by atoms with Gasteiger partial charge in [-0.3, -0.25) is 0 Å². The summed E-state index contributed by atoms with van der Waals surface area (Å²) in [5.74, 6) is -4.54. The van der Waals surface area contributed by atoms with Gasteiger partial charge in [0.1, 0.15) is 5.82 Å². The molecule has 112 valence electrons. The van der Waals surface area contributed by atoms with Gasteiger partial charge < -0.3 is 11.1 Å². The second-order valence-corrected chi connectivity index (χ2v) is 5.21. The molecule has 2 rings (SSSR count). The highest BCUT2D eigenvalue weighted by molar-refractivity contribution is 9.10. The Morgan fingerprint density at radius 3 is 2.14 bits per heavy atom. The zero-order valence-electron chi connectivity index (χ0n) is 10.6. The summed E-state index contributed by atoms with van der Waals surface area (Å²) in [6, 6.07) is 5.26. The zero-order valence-corrected chi connectivity index (χ0v) is 12.2. The number of anilines is 1. The van der Waals surface area contributed by atoms with Gasteiger partial charge in [0.15, 0.2) is 17.5 Å². The fourth-order valence-corrected chi connectivity index (χ4v) is 2.22. The van der Waals surface area contributed by atoms with Crippen molar-refractivity contribution in [3.63, 3.8) is 0 Å². The standard InChI is InChI=1S/C14H11BrF4N2/c15-9-5-8(1-2-10(9)16)21-13(6-20)7-3-11(17)14(19)12(18)4-7/h1-5,13,21H,6,20H2. The summed E-state index contributed by atoms with van der Waals surface area (Å²) in [7, 11) is 0. The van der Waals surface area contributed by atoms with Crippen LogP contribution in [0, 0.1) is 23.3 Å². The average Bonchev–Trinajstić information content (AvgIpc) is 2.45. The van der Waals surface area contributed by atoms with Crippen molar-refractivity contribution < 1.29 is 17.6 Å². The first kappa shape index (κ1) is 15.8. The van der Waals surface area contributed by atoms with E-state index in [-0.39, 0.29) is 16.6 Å². The van der Waals surface area contributed by atoms with Gasteiger partial charge in [-0.25, -0.2) is 17.6 Å². The van der Waals surface area contributed by atoms with Crippen LogP contribution in [0.15, 0.2) is 34.8 Å². The molecule has 0 aliphatic heterocycles. The van der Waals surface area contributed by atoms with E-state index in [0.717, 1.165) is 12.1 Å². The molecule has 0 spiro atoms. The molecular formula is C14H11BrF4N2. The minimum Gasteiger partial charge on any atom is -0.377 e.